The van der Waals surface area contributed by atoms with Crippen LogP contribution in [0.3, 0.4) is 0 Å². The Kier molecular flexibility index (Phi) is 2.85. The zero-order valence-corrected chi connectivity index (χ0v) is 10.0. The predicted octanol–water partition coefficient (Wildman–Crippen LogP) is 3.08. The first kappa shape index (κ1) is 11.5. The Hall–Kier alpha value is -0.640. The summed E-state index contributed by atoms with van der Waals surface area (Å²) in [6.07, 6.45) is 2.55. The SMILES string of the molecule is OC(c1cc(F)ccc1Cl)C1CC2CCC1O2. The summed E-state index contributed by atoms with van der Waals surface area (Å²) in [5.74, 6) is -0.319. The highest BCUT2D eigenvalue weighted by atomic mass is 35.5. The van der Waals surface area contributed by atoms with Crippen molar-refractivity contribution in [3.8, 4) is 0 Å². The molecule has 0 amide bonds. The highest BCUT2D eigenvalue weighted by molar-refractivity contribution is 6.31. The average molecular weight is 257 g/mol. The van der Waals surface area contributed by atoms with Crippen LogP contribution in [-0.4, -0.2) is 17.3 Å². The summed E-state index contributed by atoms with van der Waals surface area (Å²) in [4.78, 5) is 0. The van der Waals surface area contributed by atoms with Gasteiger partial charge in [0.05, 0.1) is 18.3 Å². The molecule has 2 heterocycles. The molecule has 2 aliphatic heterocycles. The molecule has 0 spiro atoms. The Bertz CT molecular complexity index is 437. The minimum absolute atomic E-state index is 0.0491. The molecule has 2 nitrogen and oxygen atoms in total. The maximum Gasteiger partial charge on any atom is 0.123 e. The topological polar surface area (TPSA) is 29.5 Å². The van der Waals surface area contributed by atoms with Gasteiger partial charge < -0.3 is 9.84 Å². The minimum atomic E-state index is -0.728. The van der Waals surface area contributed by atoms with E-state index in [9.17, 15) is 9.50 Å². The van der Waals surface area contributed by atoms with Gasteiger partial charge in [-0.3, -0.25) is 0 Å². The molecule has 4 unspecified atom stereocenters. The molecule has 0 saturated carbocycles. The Morgan fingerprint density at radius 3 is 2.88 bits per heavy atom. The van der Waals surface area contributed by atoms with E-state index in [1.54, 1.807) is 0 Å². The largest absolute Gasteiger partial charge is 0.388 e. The van der Waals surface area contributed by atoms with Gasteiger partial charge in [0.1, 0.15) is 5.82 Å². The molecule has 1 aromatic rings. The molecular formula is C13H14ClFO2. The zero-order valence-electron chi connectivity index (χ0n) is 9.27. The van der Waals surface area contributed by atoms with Crippen molar-refractivity contribution in [2.75, 3.05) is 0 Å². The highest BCUT2D eigenvalue weighted by Crippen LogP contribution is 2.45. The monoisotopic (exact) mass is 256 g/mol. The molecule has 0 radical (unpaired) electrons. The Balaban J connectivity index is 1.86. The van der Waals surface area contributed by atoms with Crippen LogP contribution in [0.1, 0.15) is 30.9 Å². The van der Waals surface area contributed by atoms with Crippen LogP contribution in [0.4, 0.5) is 4.39 Å². The van der Waals surface area contributed by atoms with Crippen LogP contribution in [0.25, 0.3) is 0 Å². The van der Waals surface area contributed by atoms with Crippen molar-refractivity contribution in [3.05, 3.63) is 34.6 Å². The smallest absolute Gasteiger partial charge is 0.123 e. The first-order valence-corrected chi connectivity index (χ1v) is 6.31. The second-order valence-corrected chi connectivity index (χ2v) is 5.29. The van der Waals surface area contributed by atoms with Gasteiger partial charge in [-0.25, -0.2) is 4.39 Å². The molecule has 2 bridgehead atoms. The summed E-state index contributed by atoms with van der Waals surface area (Å²) in [6.45, 7) is 0. The quantitative estimate of drug-likeness (QED) is 0.881. The van der Waals surface area contributed by atoms with E-state index in [1.165, 1.54) is 18.2 Å². The molecule has 1 N–H and O–H groups in total. The number of fused-ring (bicyclic) bond motifs is 2. The van der Waals surface area contributed by atoms with Gasteiger partial charge in [-0.1, -0.05) is 11.6 Å². The number of ether oxygens (including phenoxy) is 1. The van der Waals surface area contributed by atoms with Gasteiger partial charge in [0, 0.05) is 16.5 Å². The summed E-state index contributed by atoms with van der Waals surface area (Å²) < 4.78 is 18.9. The lowest BCUT2D eigenvalue weighted by Crippen LogP contribution is -2.23. The normalized spacial score (nSPS) is 33.0. The average Bonchev–Trinajstić information content (AvgIpc) is 2.93. The Morgan fingerprint density at radius 1 is 1.41 bits per heavy atom. The van der Waals surface area contributed by atoms with Crippen molar-refractivity contribution in [1.29, 1.82) is 0 Å². The summed E-state index contributed by atoms with van der Waals surface area (Å²) in [6, 6.07) is 4.11. The lowest BCUT2D eigenvalue weighted by atomic mass is 9.82. The Morgan fingerprint density at radius 2 is 2.24 bits per heavy atom. The van der Waals surface area contributed by atoms with Crippen molar-refractivity contribution in [2.45, 2.75) is 37.6 Å². The molecule has 2 aliphatic rings. The molecule has 4 atom stereocenters. The second-order valence-electron chi connectivity index (χ2n) is 4.88. The van der Waals surface area contributed by atoms with Crippen LogP contribution in [0.2, 0.25) is 5.02 Å². The van der Waals surface area contributed by atoms with E-state index in [2.05, 4.69) is 0 Å². The molecule has 17 heavy (non-hydrogen) atoms. The number of aliphatic hydroxyl groups is 1. The van der Waals surface area contributed by atoms with Crippen LogP contribution in [0, 0.1) is 11.7 Å². The fourth-order valence-corrected chi connectivity index (χ4v) is 3.21. The van der Waals surface area contributed by atoms with Gasteiger partial charge in [-0.05, 0) is 37.5 Å². The van der Waals surface area contributed by atoms with Crippen LogP contribution >= 0.6 is 11.6 Å². The third-order valence-electron chi connectivity index (χ3n) is 3.84. The van der Waals surface area contributed by atoms with E-state index in [4.69, 9.17) is 16.3 Å². The van der Waals surface area contributed by atoms with Gasteiger partial charge in [0.15, 0.2) is 0 Å². The van der Waals surface area contributed by atoms with Gasteiger partial charge in [0.25, 0.3) is 0 Å². The van der Waals surface area contributed by atoms with Crippen molar-refractivity contribution in [2.24, 2.45) is 5.92 Å². The summed E-state index contributed by atoms with van der Waals surface area (Å²) >= 11 is 6.00. The van der Waals surface area contributed by atoms with Gasteiger partial charge in [-0.15, -0.1) is 0 Å². The fraction of sp³-hybridized carbons (Fsp3) is 0.538. The number of aliphatic hydroxyl groups excluding tert-OH is 1. The fourth-order valence-electron chi connectivity index (χ4n) is 2.98. The van der Waals surface area contributed by atoms with Gasteiger partial charge in [-0.2, -0.15) is 0 Å². The molecule has 2 saturated heterocycles. The van der Waals surface area contributed by atoms with E-state index in [0.717, 1.165) is 19.3 Å². The van der Waals surface area contributed by atoms with Crippen molar-refractivity contribution >= 4 is 11.6 Å². The van der Waals surface area contributed by atoms with Crippen LogP contribution in [0.15, 0.2) is 18.2 Å². The zero-order chi connectivity index (χ0) is 12.0. The van der Waals surface area contributed by atoms with Crippen molar-refractivity contribution in [1.82, 2.24) is 0 Å². The Labute approximate surface area is 104 Å². The molecule has 0 aromatic heterocycles. The van der Waals surface area contributed by atoms with Crippen molar-refractivity contribution in [3.63, 3.8) is 0 Å². The number of benzene rings is 1. The molecule has 4 heteroatoms. The van der Waals surface area contributed by atoms with Gasteiger partial charge >= 0.3 is 0 Å². The third-order valence-corrected chi connectivity index (χ3v) is 4.18. The number of hydrogen-bond donors (Lipinski definition) is 1. The van der Waals surface area contributed by atoms with E-state index in [1.807, 2.05) is 0 Å². The number of rotatable bonds is 2. The second kappa shape index (κ2) is 4.23. The first-order valence-electron chi connectivity index (χ1n) is 5.93. The highest BCUT2D eigenvalue weighted by Gasteiger charge is 2.44. The third kappa shape index (κ3) is 1.96. The van der Waals surface area contributed by atoms with Crippen LogP contribution in [0.5, 0.6) is 0 Å². The number of halogens is 2. The summed E-state index contributed by atoms with van der Waals surface area (Å²) in [7, 11) is 0. The maximum absolute atomic E-state index is 13.2. The summed E-state index contributed by atoms with van der Waals surface area (Å²) in [5.41, 5.74) is 0.479. The molecular weight excluding hydrogens is 243 g/mol. The minimum Gasteiger partial charge on any atom is -0.388 e. The molecule has 3 rings (SSSR count). The first-order chi connectivity index (χ1) is 8.15. The van der Waals surface area contributed by atoms with E-state index < -0.39 is 6.10 Å². The molecule has 2 fully saturated rings. The van der Waals surface area contributed by atoms with Gasteiger partial charge in [0.2, 0.25) is 0 Å². The van der Waals surface area contributed by atoms with E-state index >= 15 is 0 Å². The lowest BCUT2D eigenvalue weighted by Gasteiger charge is -2.25. The lowest BCUT2D eigenvalue weighted by molar-refractivity contribution is 0.0422. The van der Waals surface area contributed by atoms with E-state index in [-0.39, 0.29) is 23.9 Å². The summed E-state index contributed by atoms with van der Waals surface area (Å²) in [5, 5.41) is 10.7. The van der Waals surface area contributed by atoms with Crippen molar-refractivity contribution < 1.29 is 14.2 Å². The van der Waals surface area contributed by atoms with Crippen LogP contribution < -0.4 is 0 Å². The van der Waals surface area contributed by atoms with E-state index in [0.29, 0.717) is 10.6 Å². The maximum atomic E-state index is 13.2. The standard InChI is InChI=1S/C13H14ClFO2/c14-11-3-1-7(15)5-9(11)13(16)10-6-8-2-4-12(10)17-8/h1,3,5,8,10,12-13,16H,2,4,6H2. The molecule has 0 aliphatic carbocycles. The van der Waals surface area contributed by atoms with Crippen LogP contribution in [-0.2, 0) is 4.74 Å². The molecule has 1 aromatic carbocycles. The predicted molar refractivity (Wildman–Crippen MR) is 62.4 cm³/mol. The number of hydrogen-bond acceptors (Lipinski definition) is 2. The molecule has 92 valence electrons.